The number of rotatable bonds is 5. The van der Waals surface area contributed by atoms with E-state index in [1.807, 2.05) is 0 Å². The molecular weight excluding hydrogens is 344 g/mol. The van der Waals surface area contributed by atoms with Gasteiger partial charge in [0.25, 0.3) is 0 Å². The molecule has 142 valence electrons. The van der Waals surface area contributed by atoms with Gasteiger partial charge >= 0.3 is 5.97 Å². The van der Waals surface area contributed by atoms with Gasteiger partial charge in [-0.3, -0.25) is 4.79 Å². The van der Waals surface area contributed by atoms with Gasteiger partial charge in [0, 0.05) is 17.3 Å². The molecule has 1 saturated heterocycles. The highest BCUT2D eigenvalue weighted by molar-refractivity contribution is 5.86. The van der Waals surface area contributed by atoms with Gasteiger partial charge in [-0.2, -0.15) is 0 Å². The number of nitrogens with two attached hydrogens (primary N) is 1. The molecule has 2 aromatic rings. The molecule has 9 heteroatoms. The average molecular weight is 366 g/mol. The van der Waals surface area contributed by atoms with Crippen molar-refractivity contribution in [1.82, 2.24) is 4.98 Å². The monoisotopic (exact) mass is 366 g/mol. The fourth-order valence-corrected chi connectivity index (χ4v) is 3.33. The highest BCUT2D eigenvalue weighted by Gasteiger charge is 2.45. The minimum Gasteiger partial charge on any atom is -0.480 e. The number of aromatic amines is 1. The lowest BCUT2D eigenvalue weighted by Gasteiger charge is -2.40. The van der Waals surface area contributed by atoms with Crippen LogP contribution in [0.1, 0.15) is 17.4 Å². The highest BCUT2D eigenvalue weighted by Crippen LogP contribution is 2.36. The summed E-state index contributed by atoms with van der Waals surface area (Å²) in [5, 5.41) is 49.6. The number of fused-ring (bicyclic) bond motifs is 1. The molecule has 0 saturated carbocycles. The van der Waals surface area contributed by atoms with E-state index in [0.717, 1.165) is 5.39 Å². The van der Waals surface area contributed by atoms with E-state index in [4.69, 9.17) is 15.6 Å². The largest absolute Gasteiger partial charge is 0.480 e. The summed E-state index contributed by atoms with van der Waals surface area (Å²) in [5.41, 5.74) is 7.28. The molecule has 6 atom stereocenters. The molecule has 8 N–H and O–H groups in total. The SMILES string of the molecule is N[C@H](Cc1c([C@H]2O[C@H](CO)[C@@H](O)[C@H](O)[C@@H]2O)[nH]c2ccccc12)C(=O)O. The van der Waals surface area contributed by atoms with Crippen molar-refractivity contribution in [3.05, 3.63) is 35.5 Å². The number of aliphatic hydroxyl groups is 4. The fraction of sp³-hybridized carbons (Fsp3) is 0.471. The number of nitrogens with one attached hydrogen (secondary N) is 1. The third kappa shape index (κ3) is 3.20. The van der Waals surface area contributed by atoms with E-state index < -0.39 is 49.1 Å². The lowest BCUT2D eigenvalue weighted by molar-refractivity contribution is -0.232. The Morgan fingerprint density at radius 2 is 1.88 bits per heavy atom. The Hall–Kier alpha value is -2.01. The van der Waals surface area contributed by atoms with Crippen LogP contribution in [0.2, 0.25) is 0 Å². The molecule has 2 heterocycles. The van der Waals surface area contributed by atoms with Crippen LogP contribution in [0, 0.1) is 0 Å². The number of aliphatic carboxylic acids is 1. The summed E-state index contributed by atoms with van der Waals surface area (Å²) in [5.74, 6) is -1.17. The van der Waals surface area contributed by atoms with Crippen LogP contribution in [0.25, 0.3) is 10.9 Å². The Morgan fingerprint density at radius 1 is 1.19 bits per heavy atom. The number of H-pyrrole nitrogens is 1. The van der Waals surface area contributed by atoms with Crippen LogP contribution in [0.3, 0.4) is 0 Å². The molecular formula is C17H22N2O7. The molecule has 1 fully saturated rings. The number of ether oxygens (including phenoxy) is 1. The first-order valence-electron chi connectivity index (χ1n) is 8.23. The van der Waals surface area contributed by atoms with E-state index in [2.05, 4.69) is 4.98 Å². The van der Waals surface area contributed by atoms with Crippen LogP contribution >= 0.6 is 0 Å². The Bertz CT molecular complexity index is 791. The van der Waals surface area contributed by atoms with Crippen molar-refractivity contribution >= 4 is 16.9 Å². The van der Waals surface area contributed by atoms with E-state index in [-0.39, 0.29) is 6.42 Å². The first-order valence-corrected chi connectivity index (χ1v) is 8.23. The first-order chi connectivity index (χ1) is 12.3. The number of para-hydroxylation sites is 1. The Labute approximate surface area is 148 Å². The molecule has 9 nitrogen and oxygen atoms in total. The first kappa shape index (κ1) is 18.8. The number of carboxylic acids is 1. The number of hydrogen-bond donors (Lipinski definition) is 7. The molecule has 0 unspecified atom stereocenters. The molecule has 3 rings (SSSR count). The smallest absolute Gasteiger partial charge is 0.320 e. The van der Waals surface area contributed by atoms with Crippen molar-refractivity contribution in [3.63, 3.8) is 0 Å². The quantitative estimate of drug-likeness (QED) is 0.340. The highest BCUT2D eigenvalue weighted by atomic mass is 16.5. The molecule has 1 aliphatic heterocycles. The topological polar surface area (TPSA) is 169 Å². The summed E-state index contributed by atoms with van der Waals surface area (Å²) in [7, 11) is 0. The van der Waals surface area contributed by atoms with Crippen molar-refractivity contribution in [2.45, 2.75) is 43.0 Å². The van der Waals surface area contributed by atoms with Crippen molar-refractivity contribution in [2.75, 3.05) is 6.61 Å². The number of aliphatic hydroxyl groups excluding tert-OH is 4. The summed E-state index contributed by atoms with van der Waals surface area (Å²) < 4.78 is 5.60. The molecule has 0 amide bonds. The van der Waals surface area contributed by atoms with Crippen molar-refractivity contribution in [3.8, 4) is 0 Å². The molecule has 0 bridgehead atoms. The van der Waals surface area contributed by atoms with E-state index in [1.54, 1.807) is 24.3 Å². The van der Waals surface area contributed by atoms with Gasteiger partial charge in [-0.25, -0.2) is 0 Å². The van der Waals surface area contributed by atoms with Crippen molar-refractivity contribution in [1.29, 1.82) is 0 Å². The van der Waals surface area contributed by atoms with Gasteiger partial charge in [0.1, 0.15) is 36.6 Å². The van der Waals surface area contributed by atoms with Crippen LogP contribution < -0.4 is 5.73 Å². The Kier molecular flexibility index (Phi) is 5.28. The summed E-state index contributed by atoms with van der Waals surface area (Å²) >= 11 is 0. The predicted molar refractivity (Wildman–Crippen MR) is 90.3 cm³/mol. The van der Waals surface area contributed by atoms with E-state index >= 15 is 0 Å². The molecule has 1 aromatic heterocycles. The standard InChI is InChI=1S/C17H22N2O7/c18-9(17(24)25)5-8-7-3-1-2-4-10(7)19-12(8)16-15(23)14(22)13(21)11(6-20)26-16/h1-4,9,11,13-16,19-23H,5-6,18H2,(H,24,25)/t9-,11-,13-,14+,15+,16-/m1/s1. The minimum atomic E-state index is -1.53. The predicted octanol–water partition coefficient (Wildman–Crippen LogP) is -1.36. The van der Waals surface area contributed by atoms with Gasteiger partial charge < -0.3 is 41.0 Å². The summed E-state index contributed by atoms with van der Waals surface area (Å²) in [4.78, 5) is 14.3. The Balaban J connectivity index is 2.07. The zero-order chi connectivity index (χ0) is 19.0. The van der Waals surface area contributed by atoms with Crippen LogP contribution in [0.5, 0.6) is 0 Å². The lowest BCUT2D eigenvalue weighted by atomic mass is 9.90. The molecule has 26 heavy (non-hydrogen) atoms. The fourth-order valence-electron chi connectivity index (χ4n) is 3.33. The van der Waals surface area contributed by atoms with Gasteiger partial charge in [-0.05, 0) is 11.6 Å². The zero-order valence-corrected chi connectivity index (χ0v) is 13.8. The van der Waals surface area contributed by atoms with Gasteiger partial charge in [-0.15, -0.1) is 0 Å². The normalized spacial score (nSPS) is 30.4. The molecule has 1 aromatic carbocycles. The zero-order valence-electron chi connectivity index (χ0n) is 13.8. The molecule has 0 aliphatic carbocycles. The van der Waals surface area contributed by atoms with E-state index in [0.29, 0.717) is 16.8 Å². The second kappa shape index (κ2) is 7.31. The van der Waals surface area contributed by atoms with Crippen LogP contribution in [0.15, 0.2) is 24.3 Å². The minimum absolute atomic E-state index is 0.0241. The van der Waals surface area contributed by atoms with Crippen molar-refractivity contribution in [2.24, 2.45) is 5.73 Å². The molecule has 0 spiro atoms. The van der Waals surface area contributed by atoms with Gasteiger partial charge in [-0.1, -0.05) is 18.2 Å². The maximum absolute atomic E-state index is 11.2. The summed E-state index contributed by atoms with van der Waals surface area (Å²) in [6, 6.07) is 5.96. The summed E-state index contributed by atoms with van der Waals surface area (Å²) in [6.45, 7) is -0.550. The maximum atomic E-state index is 11.2. The van der Waals surface area contributed by atoms with Crippen LogP contribution in [-0.2, 0) is 16.0 Å². The lowest BCUT2D eigenvalue weighted by Crippen LogP contribution is -2.55. The average Bonchev–Trinajstić information content (AvgIpc) is 2.98. The molecule has 1 aliphatic rings. The Morgan fingerprint density at radius 3 is 2.54 bits per heavy atom. The van der Waals surface area contributed by atoms with Gasteiger partial charge in [0.05, 0.1) is 12.3 Å². The van der Waals surface area contributed by atoms with E-state index in [1.165, 1.54) is 0 Å². The number of aromatic nitrogens is 1. The number of hydrogen-bond acceptors (Lipinski definition) is 7. The van der Waals surface area contributed by atoms with Gasteiger partial charge in [0.2, 0.25) is 0 Å². The van der Waals surface area contributed by atoms with Gasteiger partial charge in [0.15, 0.2) is 0 Å². The number of benzene rings is 1. The second-order valence-corrected chi connectivity index (χ2v) is 6.46. The molecule has 0 radical (unpaired) electrons. The van der Waals surface area contributed by atoms with Crippen LogP contribution in [-0.4, -0.2) is 73.6 Å². The van der Waals surface area contributed by atoms with E-state index in [9.17, 15) is 25.2 Å². The third-order valence-electron chi connectivity index (χ3n) is 4.76. The maximum Gasteiger partial charge on any atom is 0.320 e. The van der Waals surface area contributed by atoms with Crippen molar-refractivity contribution < 1.29 is 35.1 Å². The second-order valence-electron chi connectivity index (χ2n) is 6.46. The number of carboxylic acid groups (broad SMARTS) is 1. The third-order valence-corrected chi connectivity index (χ3v) is 4.76. The van der Waals surface area contributed by atoms with Crippen LogP contribution in [0.4, 0.5) is 0 Å². The number of carbonyl (C=O) groups is 1. The summed E-state index contributed by atoms with van der Waals surface area (Å²) in [6.07, 6.45) is -6.65.